The number of rotatable bonds is 6. The molecule has 1 N–H and O–H groups in total. The SMILES string of the molecule is CCOC(=O)C1=C(C)Nc2nnnn2C1c1ccccc1OCc1ccccc1C. The van der Waals surface area contributed by atoms with E-state index in [0.717, 1.165) is 16.7 Å². The van der Waals surface area contributed by atoms with E-state index in [1.165, 1.54) is 0 Å². The van der Waals surface area contributed by atoms with E-state index in [2.05, 4.69) is 33.8 Å². The van der Waals surface area contributed by atoms with Gasteiger partial charge in [0.05, 0.1) is 12.2 Å². The summed E-state index contributed by atoms with van der Waals surface area (Å²) in [5.74, 6) is 0.699. The minimum atomic E-state index is -0.566. The average Bonchev–Trinajstić information content (AvgIpc) is 3.20. The highest BCUT2D eigenvalue weighted by molar-refractivity contribution is 5.92. The van der Waals surface area contributed by atoms with E-state index in [4.69, 9.17) is 9.47 Å². The fraction of sp³-hybridized carbons (Fsp3) is 0.273. The van der Waals surface area contributed by atoms with Gasteiger partial charge < -0.3 is 14.8 Å². The molecule has 0 saturated heterocycles. The highest BCUT2D eigenvalue weighted by Gasteiger charge is 2.36. The Hall–Kier alpha value is -3.68. The normalized spacial score (nSPS) is 15.4. The van der Waals surface area contributed by atoms with Crippen molar-refractivity contribution in [3.8, 4) is 5.75 Å². The lowest BCUT2D eigenvalue weighted by Crippen LogP contribution is -2.30. The zero-order chi connectivity index (χ0) is 21.1. The smallest absolute Gasteiger partial charge is 0.338 e. The Kier molecular flexibility index (Phi) is 5.47. The summed E-state index contributed by atoms with van der Waals surface area (Å²) in [4.78, 5) is 12.8. The van der Waals surface area contributed by atoms with Crippen molar-refractivity contribution in [1.29, 1.82) is 0 Å². The molecule has 1 aliphatic heterocycles. The van der Waals surface area contributed by atoms with Crippen LogP contribution < -0.4 is 10.1 Å². The number of fused-ring (bicyclic) bond motifs is 1. The minimum Gasteiger partial charge on any atom is -0.489 e. The third-order valence-electron chi connectivity index (χ3n) is 5.07. The Morgan fingerprint density at radius 3 is 2.70 bits per heavy atom. The fourth-order valence-corrected chi connectivity index (χ4v) is 3.54. The van der Waals surface area contributed by atoms with Crippen molar-refractivity contribution in [2.24, 2.45) is 0 Å². The standard InChI is InChI=1S/C22H23N5O3/c1-4-29-21(28)19-15(3)23-22-24-25-26-27(22)20(19)17-11-7-8-12-18(17)30-13-16-10-6-5-9-14(16)2/h5-12,20H,4,13H2,1-3H3,(H,23,24,26). The number of ether oxygens (including phenoxy) is 2. The number of para-hydroxylation sites is 1. The number of hydrogen-bond donors (Lipinski definition) is 1. The molecule has 8 nitrogen and oxygen atoms in total. The molecule has 1 unspecified atom stereocenters. The number of tetrazole rings is 1. The average molecular weight is 405 g/mol. The molecule has 0 radical (unpaired) electrons. The van der Waals surface area contributed by atoms with Gasteiger partial charge in [0.1, 0.15) is 18.4 Å². The summed E-state index contributed by atoms with van der Waals surface area (Å²) in [6.45, 7) is 6.33. The minimum absolute atomic E-state index is 0.274. The first-order valence-corrected chi connectivity index (χ1v) is 9.79. The number of carbonyl (C=O) groups excluding carboxylic acids is 1. The number of benzene rings is 2. The van der Waals surface area contributed by atoms with E-state index in [9.17, 15) is 4.79 Å². The molecule has 1 atom stereocenters. The van der Waals surface area contributed by atoms with Gasteiger partial charge in [-0.25, -0.2) is 4.79 Å². The van der Waals surface area contributed by atoms with Gasteiger partial charge >= 0.3 is 5.97 Å². The fourth-order valence-electron chi connectivity index (χ4n) is 3.54. The van der Waals surface area contributed by atoms with Crippen molar-refractivity contribution < 1.29 is 14.3 Å². The maximum absolute atomic E-state index is 12.8. The number of aryl methyl sites for hydroxylation is 1. The van der Waals surface area contributed by atoms with E-state index in [1.807, 2.05) is 49.4 Å². The zero-order valence-corrected chi connectivity index (χ0v) is 17.1. The largest absolute Gasteiger partial charge is 0.489 e. The van der Waals surface area contributed by atoms with Crippen molar-refractivity contribution in [2.45, 2.75) is 33.4 Å². The Morgan fingerprint density at radius 2 is 1.90 bits per heavy atom. The summed E-state index contributed by atoms with van der Waals surface area (Å²) < 4.78 is 13.1. The Labute approximate surface area is 174 Å². The predicted molar refractivity (Wildman–Crippen MR) is 111 cm³/mol. The number of hydrogen-bond acceptors (Lipinski definition) is 7. The number of nitrogens with one attached hydrogen (secondary N) is 1. The van der Waals surface area contributed by atoms with Crippen LogP contribution in [-0.2, 0) is 16.1 Å². The van der Waals surface area contributed by atoms with Crippen LogP contribution in [0.25, 0.3) is 0 Å². The van der Waals surface area contributed by atoms with Crippen LogP contribution in [0, 0.1) is 6.92 Å². The first-order valence-electron chi connectivity index (χ1n) is 9.79. The third-order valence-corrected chi connectivity index (χ3v) is 5.07. The molecule has 0 aliphatic carbocycles. The van der Waals surface area contributed by atoms with Gasteiger partial charge in [-0.15, -0.1) is 0 Å². The van der Waals surface area contributed by atoms with Gasteiger partial charge in [-0.1, -0.05) is 47.6 Å². The molecule has 1 aliphatic rings. The van der Waals surface area contributed by atoms with Crippen LogP contribution >= 0.6 is 0 Å². The predicted octanol–water partition coefficient (Wildman–Crippen LogP) is 3.41. The molecule has 30 heavy (non-hydrogen) atoms. The molecular weight excluding hydrogens is 382 g/mol. The molecular formula is C22H23N5O3. The summed E-state index contributed by atoms with van der Waals surface area (Å²) in [6, 6.07) is 15.1. The molecule has 0 bridgehead atoms. The van der Waals surface area contributed by atoms with Gasteiger partial charge in [0.2, 0.25) is 5.95 Å². The number of nitrogens with zero attached hydrogens (tertiary/aromatic N) is 4. The number of aromatic nitrogens is 4. The second-order valence-electron chi connectivity index (χ2n) is 6.99. The molecule has 2 aromatic carbocycles. The number of anilines is 1. The Balaban J connectivity index is 1.75. The van der Waals surface area contributed by atoms with Crippen LogP contribution in [0.3, 0.4) is 0 Å². The molecule has 2 heterocycles. The van der Waals surface area contributed by atoms with E-state index >= 15 is 0 Å². The summed E-state index contributed by atoms with van der Waals surface area (Å²) in [5.41, 5.74) is 4.13. The first kappa shape index (κ1) is 19.6. The molecule has 0 amide bonds. The monoisotopic (exact) mass is 405 g/mol. The maximum atomic E-state index is 12.8. The number of allylic oxidation sites excluding steroid dienone is 1. The second-order valence-corrected chi connectivity index (χ2v) is 6.99. The molecule has 8 heteroatoms. The molecule has 0 fully saturated rings. The third kappa shape index (κ3) is 3.63. The van der Waals surface area contributed by atoms with Crippen LogP contribution in [0.5, 0.6) is 5.75 Å². The second kappa shape index (κ2) is 8.36. The summed E-state index contributed by atoms with van der Waals surface area (Å²) in [6.07, 6.45) is 0. The van der Waals surface area contributed by atoms with Gasteiger partial charge in [0.25, 0.3) is 0 Å². The lowest BCUT2D eigenvalue weighted by atomic mass is 9.95. The molecule has 1 aromatic heterocycles. The van der Waals surface area contributed by atoms with Crippen LogP contribution in [0.2, 0.25) is 0 Å². The van der Waals surface area contributed by atoms with Crippen molar-refractivity contribution in [3.05, 3.63) is 76.5 Å². The molecule has 3 aromatic rings. The van der Waals surface area contributed by atoms with Gasteiger partial charge in [0.15, 0.2) is 0 Å². The Bertz CT molecular complexity index is 1110. The highest BCUT2D eigenvalue weighted by Crippen LogP contribution is 2.39. The quantitative estimate of drug-likeness (QED) is 0.628. The molecule has 0 spiro atoms. The van der Waals surface area contributed by atoms with E-state index in [-0.39, 0.29) is 6.61 Å². The summed E-state index contributed by atoms with van der Waals surface area (Å²) >= 11 is 0. The van der Waals surface area contributed by atoms with Crippen molar-refractivity contribution in [3.63, 3.8) is 0 Å². The van der Waals surface area contributed by atoms with Gasteiger partial charge in [-0.05, 0) is 48.4 Å². The van der Waals surface area contributed by atoms with Crippen LogP contribution in [0.4, 0.5) is 5.95 Å². The topological polar surface area (TPSA) is 91.2 Å². The maximum Gasteiger partial charge on any atom is 0.338 e. The summed E-state index contributed by atoms with van der Waals surface area (Å²) in [7, 11) is 0. The van der Waals surface area contributed by atoms with Gasteiger partial charge in [-0.2, -0.15) is 4.68 Å². The molecule has 0 saturated carbocycles. The lowest BCUT2D eigenvalue weighted by Gasteiger charge is -2.28. The summed E-state index contributed by atoms with van der Waals surface area (Å²) in [5, 5.41) is 15.0. The van der Waals surface area contributed by atoms with Crippen LogP contribution in [0.1, 0.15) is 36.6 Å². The van der Waals surface area contributed by atoms with Crippen molar-refractivity contribution in [1.82, 2.24) is 20.2 Å². The highest BCUT2D eigenvalue weighted by atomic mass is 16.5. The van der Waals surface area contributed by atoms with Crippen LogP contribution in [0.15, 0.2) is 59.8 Å². The lowest BCUT2D eigenvalue weighted by molar-refractivity contribution is -0.139. The van der Waals surface area contributed by atoms with E-state index < -0.39 is 12.0 Å². The molecule has 4 rings (SSSR count). The number of carbonyl (C=O) groups is 1. The van der Waals surface area contributed by atoms with Crippen LogP contribution in [-0.4, -0.2) is 32.8 Å². The van der Waals surface area contributed by atoms with Crippen molar-refractivity contribution >= 4 is 11.9 Å². The van der Waals surface area contributed by atoms with Gasteiger partial charge in [-0.3, -0.25) is 0 Å². The van der Waals surface area contributed by atoms with E-state index in [0.29, 0.717) is 29.6 Å². The van der Waals surface area contributed by atoms with E-state index in [1.54, 1.807) is 11.6 Å². The van der Waals surface area contributed by atoms with Gasteiger partial charge in [0, 0.05) is 11.3 Å². The number of esters is 1. The first-order chi connectivity index (χ1) is 14.6. The zero-order valence-electron chi connectivity index (χ0n) is 17.1. The Morgan fingerprint density at radius 1 is 1.13 bits per heavy atom. The van der Waals surface area contributed by atoms with Crippen molar-refractivity contribution in [2.75, 3.05) is 11.9 Å². The molecule has 154 valence electrons.